The molecule has 0 amide bonds. The maximum atomic E-state index is 10.9. The van der Waals surface area contributed by atoms with Crippen molar-refractivity contribution < 1.29 is 9.90 Å². The molecule has 0 aromatic heterocycles. The molecule has 3 heteroatoms. The second kappa shape index (κ2) is 12.0. The third kappa shape index (κ3) is 12.9. The molecule has 0 saturated heterocycles. The van der Waals surface area contributed by atoms with Crippen molar-refractivity contribution in [2.24, 2.45) is 0 Å². The zero-order valence-electron chi connectivity index (χ0n) is 14.7. The number of aliphatic carboxylic acids is 1. The molecule has 0 bridgehead atoms. The van der Waals surface area contributed by atoms with E-state index in [4.69, 9.17) is 5.11 Å². The average molecular weight is 313 g/mol. The van der Waals surface area contributed by atoms with Gasteiger partial charge in [-0.2, -0.15) is 0 Å². The highest BCUT2D eigenvalue weighted by molar-refractivity contribution is 6.82. The summed E-state index contributed by atoms with van der Waals surface area (Å²) in [5, 5.41) is 8.95. The standard InChI is InChI=1S/C18H36O2Si/c1-5-6-7-8-9-10-11-12-13-14-15-21(3,4)16-17(2)18(19)20/h16H,5-15H2,1-4H3,(H,19,20). The lowest BCUT2D eigenvalue weighted by Gasteiger charge is -2.18. The van der Waals surface area contributed by atoms with Crippen LogP contribution in [-0.4, -0.2) is 19.1 Å². The van der Waals surface area contributed by atoms with Crippen molar-refractivity contribution in [1.29, 1.82) is 0 Å². The van der Waals surface area contributed by atoms with Crippen molar-refractivity contribution in [1.82, 2.24) is 0 Å². The summed E-state index contributed by atoms with van der Waals surface area (Å²) in [4.78, 5) is 10.9. The van der Waals surface area contributed by atoms with Gasteiger partial charge >= 0.3 is 5.97 Å². The van der Waals surface area contributed by atoms with Gasteiger partial charge in [-0.15, -0.1) is 0 Å². The number of unbranched alkanes of at least 4 members (excludes halogenated alkanes) is 9. The van der Waals surface area contributed by atoms with Crippen molar-refractivity contribution >= 4 is 14.0 Å². The van der Waals surface area contributed by atoms with Gasteiger partial charge < -0.3 is 5.11 Å². The third-order valence-electron chi connectivity index (χ3n) is 4.12. The van der Waals surface area contributed by atoms with Crippen LogP contribution >= 0.6 is 0 Å². The Bertz CT molecular complexity index is 308. The molecule has 0 aliphatic rings. The number of carbonyl (C=O) groups is 1. The van der Waals surface area contributed by atoms with Crippen LogP contribution in [0.4, 0.5) is 0 Å². The first-order valence-electron chi connectivity index (χ1n) is 8.82. The molecule has 0 aliphatic heterocycles. The van der Waals surface area contributed by atoms with E-state index in [0.29, 0.717) is 5.57 Å². The molecule has 0 radical (unpaired) electrons. The Morgan fingerprint density at radius 2 is 1.33 bits per heavy atom. The van der Waals surface area contributed by atoms with E-state index in [9.17, 15) is 4.79 Å². The Morgan fingerprint density at radius 1 is 0.905 bits per heavy atom. The zero-order chi connectivity index (χ0) is 16.1. The van der Waals surface area contributed by atoms with E-state index in [1.165, 1.54) is 70.3 Å². The molecule has 0 unspecified atom stereocenters. The smallest absolute Gasteiger partial charge is 0.330 e. The molecule has 0 rings (SSSR count). The maximum absolute atomic E-state index is 10.9. The van der Waals surface area contributed by atoms with Gasteiger partial charge in [-0.25, -0.2) is 4.79 Å². The molecule has 0 spiro atoms. The highest BCUT2D eigenvalue weighted by Gasteiger charge is 2.18. The molecular formula is C18H36O2Si. The maximum Gasteiger partial charge on any atom is 0.330 e. The number of hydrogen-bond acceptors (Lipinski definition) is 1. The number of carboxylic acid groups (broad SMARTS) is 1. The molecule has 0 aromatic rings. The third-order valence-corrected chi connectivity index (χ3v) is 6.98. The Kier molecular flexibility index (Phi) is 11.7. The molecule has 2 nitrogen and oxygen atoms in total. The highest BCUT2D eigenvalue weighted by Crippen LogP contribution is 2.19. The number of rotatable bonds is 13. The first-order chi connectivity index (χ1) is 9.89. The first kappa shape index (κ1) is 20.4. The lowest BCUT2D eigenvalue weighted by atomic mass is 10.1. The van der Waals surface area contributed by atoms with E-state index >= 15 is 0 Å². The van der Waals surface area contributed by atoms with Crippen LogP contribution < -0.4 is 0 Å². The molecule has 0 atom stereocenters. The minimum Gasteiger partial charge on any atom is -0.478 e. The van der Waals surface area contributed by atoms with Gasteiger partial charge in [-0.3, -0.25) is 0 Å². The van der Waals surface area contributed by atoms with Crippen molar-refractivity contribution in [3.05, 3.63) is 11.3 Å². The molecule has 1 N–H and O–H groups in total. The van der Waals surface area contributed by atoms with Crippen molar-refractivity contribution in [2.45, 2.75) is 97.2 Å². The normalized spacial score (nSPS) is 12.7. The zero-order valence-corrected chi connectivity index (χ0v) is 15.7. The predicted octanol–water partition coefficient (Wildman–Crippen LogP) is 6.19. The summed E-state index contributed by atoms with van der Waals surface area (Å²) in [6.07, 6.45) is 13.6. The molecule has 0 fully saturated rings. The van der Waals surface area contributed by atoms with E-state index in [1.807, 2.05) is 5.70 Å². The Balaban J connectivity index is 3.58. The fourth-order valence-electron chi connectivity index (χ4n) is 2.79. The largest absolute Gasteiger partial charge is 0.478 e. The lowest BCUT2D eigenvalue weighted by Crippen LogP contribution is -2.23. The molecular weight excluding hydrogens is 276 g/mol. The SMILES string of the molecule is CCCCCCCCCCCC[Si](C)(C)C=C(C)C(=O)O. The summed E-state index contributed by atoms with van der Waals surface area (Å²) in [6.45, 7) is 8.52. The summed E-state index contributed by atoms with van der Waals surface area (Å²) in [5.41, 5.74) is 2.57. The van der Waals surface area contributed by atoms with Gasteiger partial charge in [-0.1, -0.05) is 96.0 Å². The average Bonchev–Trinajstić information content (AvgIpc) is 2.40. The summed E-state index contributed by atoms with van der Waals surface area (Å²) in [5.74, 6) is -0.765. The van der Waals surface area contributed by atoms with Crippen LogP contribution in [-0.2, 0) is 4.79 Å². The van der Waals surface area contributed by atoms with E-state index in [2.05, 4.69) is 20.0 Å². The molecule has 0 aliphatic carbocycles. The van der Waals surface area contributed by atoms with Crippen LogP contribution in [0.15, 0.2) is 11.3 Å². The molecule has 21 heavy (non-hydrogen) atoms. The van der Waals surface area contributed by atoms with Crippen molar-refractivity contribution in [3.8, 4) is 0 Å². The van der Waals surface area contributed by atoms with Gasteiger partial charge in [0.25, 0.3) is 0 Å². The van der Waals surface area contributed by atoms with Crippen molar-refractivity contribution in [3.63, 3.8) is 0 Å². The Hall–Kier alpha value is -0.573. The van der Waals surface area contributed by atoms with Crippen molar-refractivity contribution in [2.75, 3.05) is 0 Å². The second-order valence-corrected chi connectivity index (χ2v) is 11.8. The Labute approximate surface area is 133 Å². The number of hydrogen-bond donors (Lipinski definition) is 1. The van der Waals surface area contributed by atoms with Gasteiger partial charge in [0.05, 0.1) is 8.07 Å². The van der Waals surface area contributed by atoms with Crippen LogP contribution in [0.2, 0.25) is 19.1 Å². The molecule has 0 saturated carbocycles. The minimum atomic E-state index is -1.46. The van der Waals surface area contributed by atoms with Gasteiger partial charge in [0.15, 0.2) is 0 Å². The molecule has 0 aromatic carbocycles. The predicted molar refractivity (Wildman–Crippen MR) is 95.5 cm³/mol. The van der Waals surface area contributed by atoms with E-state index in [1.54, 1.807) is 6.92 Å². The van der Waals surface area contributed by atoms with Crippen LogP contribution in [0.3, 0.4) is 0 Å². The summed E-state index contributed by atoms with van der Waals surface area (Å²) in [7, 11) is -1.46. The van der Waals surface area contributed by atoms with Gasteiger partial charge in [0.1, 0.15) is 0 Å². The van der Waals surface area contributed by atoms with Crippen LogP contribution in [0.1, 0.15) is 78.1 Å². The van der Waals surface area contributed by atoms with Crippen LogP contribution in [0, 0.1) is 0 Å². The topological polar surface area (TPSA) is 37.3 Å². The van der Waals surface area contributed by atoms with Crippen LogP contribution in [0.5, 0.6) is 0 Å². The van der Waals surface area contributed by atoms with Crippen LogP contribution in [0.25, 0.3) is 0 Å². The van der Waals surface area contributed by atoms with Gasteiger partial charge in [0.2, 0.25) is 0 Å². The quantitative estimate of drug-likeness (QED) is 0.250. The fourth-order valence-corrected chi connectivity index (χ4v) is 5.39. The summed E-state index contributed by atoms with van der Waals surface area (Å²) in [6, 6.07) is 1.22. The number of carboxylic acids is 1. The van der Waals surface area contributed by atoms with E-state index in [0.717, 1.165) is 0 Å². The van der Waals surface area contributed by atoms with Gasteiger partial charge in [-0.05, 0) is 6.92 Å². The Morgan fingerprint density at radius 3 is 1.76 bits per heavy atom. The first-order valence-corrected chi connectivity index (χ1v) is 12.1. The molecule has 0 heterocycles. The van der Waals surface area contributed by atoms with E-state index < -0.39 is 14.0 Å². The molecule has 124 valence electrons. The minimum absolute atomic E-state index is 0.527. The van der Waals surface area contributed by atoms with E-state index in [-0.39, 0.29) is 0 Å². The van der Waals surface area contributed by atoms with Gasteiger partial charge in [0, 0.05) is 5.57 Å². The summed E-state index contributed by atoms with van der Waals surface area (Å²) < 4.78 is 0. The fraction of sp³-hybridized carbons (Fsp3) is 0.833. The highest BCUT2D eigenvalue weighted by atomic mass is 28.3. The second-order valence-electron chi connectivity index (χ2n) is 7.05. The monoisotopic (exact) mass is 312 g/mol. The summed E-state index contributed by atoms with van der Waals surface area (Å²) >= 11 is 0. The lowest BCUT2D eigenvalue weighted by molar-refractivity contribution is -0.132.